The summed E-state index contributed by atoms with van der Waals surface area (Å²) >= 11 is 0. The number of carbonyl (C=O) groups excluding carboxylic acids is 1. The number of anilines is 2. The van der Waals surface area contributed by atoms with E-state index in [0.29, 0.717) is 36.3 Å². The standard InChI is InChI=1S/C23H27N5O4/c1-23(14-29)12-15-10-18(26-22(31)17-13-25-28-8-3-6-24-21(17)28)19(11-20(15)32-23)27-7-2-4-16(30)5-9-27/h3,6,8,10-11,13,16,29-30H,2,4-5,7,9,12,14H2,1H3,(H,26,31)/t16-,23-/m0/s1. The van der Waals surface area contributed by atoms with E-state index < -0.39 is 5.60 Å². The van der Waals surface area contributed by atoms with Crippen LogP contribution in [-0.2, 0) is 6.42 Å². The smallest absolute Gasteiger partial charge is 0.261 e. The molecule has 0 saturated carbocycles. The van der Waals surface area contributed by atoms with E-state index in [1.165, 1.54) is 6.20 Å². The number of rotatable bonds is 4. The fourth-order valence-electron chi connectivity index (χ4n) is 4.50. The van der Waals surface area contributed by atoms with Gasteiger partial charge in [0.05, 0.1) is 30.3 Å². The number of aromatic nitrogens is 3. The van der Waals surface area contributed by atoms with Crippen molar-refractivity contribution in [2.75, 3.05) is 29.9 Å². The highest BCUT2D eigenvalue weighted by Crippen LogP contribution is 2.42. The van der Waals surface area contributed by atoms with E-state index in [0.717, 1.165) is 36.4 Å². The molecule has 9 heteroatoms. The number of hydrogen-bond acceptors (Lipinski definition) is 7. The minimum absolute atomic E-state index is 0.0946. The molecule has 1 fully saturated rings. The van der Waals surface area contributed by atoms with Gasteiger partial charge < -0.3 is 25.2 Å². The lowest BCUT2D eigenvalue weighted by Gasteiger charge is -2.26. The second-order valence-electron chi connectivity index (χ2n) is 8.84. The van der Waals surface area contributed by atoms with Crippen molar-refractivity contribution in [3.05, 3.63) is 47.9 Å². The number of aliphatic hydroxyl groups excluding tert-OH is 2. The topological polar surface area (TPSA) is 112 Å². The Balaban J connectivity index is 1.51. The highest BCUT2D eigenvalue weighted by molar-refractivity contribution is 6.09. The molecule has 0 spiro atoms. The first-order valence-corrected chi connectivity index (χ1v) is 11.0. The first-order chi connectivity index (χ1) is 15.5. The second-order valence-corrected chi connectivity index (χ2v) is 8.84. The van der Waals surface area contributed by atoms with Gasteiger partial charge >= 0.3 is 0 Å². The summed E-state index contributed by atoms with van der Waals surface area (Å²) in [5.41, 5.74) is 2.66. The van der Waals surface area contributed by atoms with Crippen LogP contribution in [0.5, 0.6) is 5.75 Å². The molecule has 1 saturated heterocycles. The van der Waals surface area contributed by atoms with Gasteiger partial charge in [0.1, 0.15) is 16.9 Å². The molecular formula is C23H27N5O4. The fraction of sp³-hybridized carbons (Fsp3) is 0.435. The SMILES string of the molecule is C[C@@]1(CO)Cc2cc(NC(=O)c3cnn4cccnc34)c(N3CCC[C@H](O)CC3)cc2O1. The number of hydrogen-bond donors (Lipinski definition) is 3. The van der Waals surface area contributed by atoms with Crippen molar-refractivity contribution in [1.82, 2.24) is 14.6 Å². The van der Waals surface area contributed by atoms with Gasteiger partial charge in [-0.15, -0.1) is 0 Å². The minimum atomic E-state index is -0.677. The summed E-state index contributed by atoms with van der Waals surface area (Å²) in [6, 6.07) is 5.63. The third-order valence-electron chi connectivity index (χ3n) is 6.24. The van der Waals surface area contributed by atoms with E-state index >= 15 is 0 Å². The van der Waals surface area contributed by atoms with E-state index in [9.17, 15) is 15.0 Å². The lowest BCUT2D eigenvalue weighted by atomic mass is 9.99. The molecule has 2 aliphatic heterocycles. The lowest BCUT2D eigenvalue weighted by molar-refractivity contribution is 0.0447. The molecule has 0 unspecified atom stereocenters. The fourth-order valence-corrected chi connectivity index (χ4v) is 4.50. The van der Waals surface area contributed by atoms with Crippen LogP contribution in [0.4, 0.5) is 11.4 Å². The van der Waals surface area contributed by atoms with Crippen molar-refractivity contribution in [2.45, 2.75) is 44.3 Å². The number of carbonyl (C=O) groups is 1. The summed E-state index contributed by atoms with van der Waals surface area (Å²) in [6.45, 7) is 3.23. The molecule has 32 heavy (non-hydrogen) atoms. The van der Waals surface area contributed by atoms with Gasteiger partial charge in [0, 0.05) is 43.5 Å². The zero-order valence-corrected chi connectivity index (χ0v) is 18.0. The van der Waals surface area contributed by atoms with Gasteiger partial charge in [0.15, 0.2) is 5.65 Å². The molecule has 2 atom stereocenters. The van der Waals surface area contributed by atoms with Crippen LogP contribution in [0.1, 0.15) is 42.1 Å². The third-order valence-corrected chi connectivity index (χ3v) is 6.24. The zero-order valence-electron chi connectivity index (χ0n) is 18.0. The van der Waals surface area contributed by atoms with E-state index in [1.54, 1.807) is 23.0 Å². The molecule has 0 aliphatic carbocycles. The predicted molar refractivity (Wildman–Crippen MR) is 119 cm³/mol. The van der Waals surface area contributed by atoms with Crippen LogP contribution in [0.25, 0.3) is 5.65 Å². The van der Waals surface area contributed by atoms with Crippen molar-refractivity contribution in [3.8, 4) is 5.75 Å². The van der Waals surface area contributed by atoms with Crippen molar-refractivity contribution < 1.29 is 19.7 Å². The van der Waals surface area contributed by atoms with Gasteiger partial charge in [-0.25, -0.2) is 9.50 Å². The number of benzene rings is 1. The van der Waals surface area contributed by atoms with E-state index in [1.807, 2.05) is 19.1 Å². The van der Waals surface area contributed by atoms with Gasteiger partial charge in [-0.3, -0.25) is 4.79 Å². The summed E-state index contributed by atoms with van der Waals surface area (Å²) in [7, 11) is 0. The van der Waals surface area contributed by atoms with Crippen molar-refractivity contribution in [3.63, 3.8) is 0 Å². The van der Waals surface area contributed by atoms with Crippen LogP contribution in [0, 0.1) is 0 Å². The lowest BCUT2D eigenvalue weighted by Crippen LogP contribution is -2.34. The Labute approximate surface area is 185 Å². The summed E-state index contributed by atoms with van der Waals surface area (Å²) < 4.78 is 7.62. The Kier molecular flexibility index (Phi) is 5.22. The molecule has 3 N–H and O–H groups in total. The van der Waals surface area contributed by atoms with E-state index in [4.69, 9.17) is 4.74 Å². The van der Waals surface area contributed by atoms with Crippen LogP contribution in [0.15, 0.2) is 36.8 Å². The number of nitrogens with one attached hydrogen (secondary N) is 1. The van der Waals surface area contributed by atoms with Gasteiger partial charge in [-0.2, -0.15) is 5.10 Å². The maximum absolute atomic E-state index is 13.2. The third kappa shape index (κ3) is 3.78. The molecule has 0 bridgehead atoms. The molecule has 2 aromatic heterocycles. The van der Waals surface area contributed by atoms with Gasteiger partial charge in [0.25, 0.3) is 5.91 Å². The number of nitrogens with zero attached hydrogens (tertiary/aromatic N) is 4. The summed E-state index contributed by atoms with van der Waals surface area (Å²) in [4.78, 5) is 19.7. The monoisotopic (exact) mass is 437 g/mol. The second kappa shape index (κ2) is 8.07. The summed E-state index contributed by atoms with van der Waals surface area (Å²) in [5.74, 6) is 0.426. The largest absolute Gasteiger partial charge is 0.484 e. The Bertz CT molecular complexity index is 1160. The van der Waals surface area contributed by atoms with Crippen LogP contribution in [-0.4, -0.2) is 62.1 Å². The zero-order chi connectivity index (χ0) is 22.3. The molecule has 168 valence electrons. The van der Waals surface area contributed by atoms with Gasteiger partial charge in [-0.1, -0.05) is 0 Å². The van der Waals surface area contributed by atoms with Crippen molar-refractivity contribution in [2.24, 2.45) is 0 Å². The molecule has 4 heterocycles. The van der Waals surface area contributed by atoms with Crippen molar-refractivity contribution in [1.29, 1.82) is 0 Å². The van der Waals surface area contributed by atoms with E-state index in [-0.39, 0.29) is 18.6 Å². The Morgan fingerprint density at radius 1 is 1.34 bits per heavy atom. The normalized spacial score (nSPS) is 23.0. The average molecular weight is 438 g/mol. The summed E-state index contributed by atoms with van der Waals surface area (Å²) in [6.07, 6.45) is 7.41. The van der Waals surface area contributed by atoms with E-state index in [2.05, 4.69) is 20.3 Å². The maximum atomic E-state index is 13.2. The number of fused-ring (bicyclic) bond motifs is 2. The number of ether oxygens (including phenoxy) is 1. The quantitative estimate of drug-likeness (QED) is 0.572. The van der Waals surface area contributed by atoms with Crippen LogP contribution < -0.4 is 15.0 Å². The molecule has 9 nitrogen and oxygen atoms in total. The summed E-state index contributed by atoms with van der Waals surface area (Å²) in [5, 5.41) is 27.1. The van der Waals surface area contributed by atoms with Crippen LogP contribution in [0.2, 0.25) is 0 Å². The molecule has 3 aromatic rings. The first kappa shape index (κ1) is 20.7. The maximum Gasteiger partial charge on any atom is 0.261 e. The first-order valence-electron chi connectivity index (χ1n) is 11.0. The Morgan fingerprint density at radius 3 is 3.06 bits per heavy atom. The Hall–Kier alpha value is -3.17. The van der Waals surface area contributed by atoms with Gasteiger partial charge in [0.2, 0.25) is 0 Å². The van der Waals surface area contributed by atoms with Gasteiger partial charge in [-0.05, 0) is 38.3 Å². The van der Waals surface area contributed by atoms with Crippen molar-refractivity contribution >= 4 is 22.9 Å². The highest BCUT2D eigenvalue weighted by Gasteiger charge is 2.36. The van der Waals surface area contributed by atoms with Crippen LogP contribution in [0.3, 0.4) is 0 Å². The number of amides is 1. The molecular weight excluding hydrogens is 410 g/mol. The molecule has 1 aromatic carbocycles. The Morgan fingerprint density at radius 2 is 2.22 bits per heavy atom. The van der Waals surface area contributed by atoms with Crippen LogP contribution >= 0.6 is 0 Å². The number of aliphatic hydroxyl groups is 2. The molecule has 5 rings (SSSR count). The minimum Gasteiger partial charge on any atom is -0.484 e. The predicted octanol–water partition coefficient (Wildman–Crippen LogP) is 2.02. The average Bonchev–Trinajstić information content (AvgIpc) is 3.28. The molecule has 2 aliphatic rings. The molecule has 0 radical (unpaired) electrons. The highest BCUT2D eigenvalue weighted by atomic mass is 16.5. The molecule has 1 amide bonds.